The van der Waals surface area contributed by atoms with Crippen LogP contribution in [0.2, 0.25) is 7.44 Å². The first-order valence-corrected chi connectivity index (χ1v) is 16.7. The van der Waals surface area contributed by atoms with Crippen molar-refractivity contribution < 1.29 is 34.2 Å². The second kappa shape index (κ2) is 10.3. The van der Waals surface area contributed by atoms with Gasteiger partial charge in [-0.1, -0.05) is 0 Å². The van der Waals surface area contributed by atoms with Crippen LogP contribution in [-0.2, 0) is 29.7 Å². The molecule has 2 aromatic heterocycles. The van der Waals surface area contributed by atoms with Gasteiger partial charge in [-0.2, -0.15) is 0 Å². The maximum absolute atomic E-state index is 17.1. The second-order valence-electron chi connectivity index (χ2n) is 11.3. The summed E-state index contributed by atoms with van der Waals surface area (Å²) in [4.78, 5) is 0. The molecule has 0 spiro atoms. The van der Waals surface area contributed by atoms with Crippen LogP contribution in [0.1, 0.15) is 25.0 Å². The molecule has 0 atom stereocenters. The summed E-state index contributed by atoms with van der Waals surface area (Å²) in [5.41, 5.74) is 0.530. The summed E-state index contributed by atoms with van der Waals surface area (Å²) in [6.45, 7) is 4.06. The van der Waals surface area contributed by atoms with Crippen molar-refractivity contribution >= 4 is 7.74 Å². The zero-order valence-electron chi connectivity index (χ0n) is 22.9. The van der Waals surface area contributed by atoms with E-state index in [-0.39, 0.29) is 32.0 Å². The monoisotopic (exact) mass is 590 g/mol. The first-order chi connectivity index (χ1) is 19.7. The average molecular weight is 590 g/mol. The molecule has 0 radical (unpaired) electrons. The van der Waals surface area contributed by atoms with Crippen LogP contribution >= 0.6 is 0 Å². The van der Waals surface area contributed by atoms with E-state index in [1.165, 1.54) is 24.3 Å². The van der Waals surface area contributed by atoms with Crippen molar-refractivity contribution in [3.05, 3.63) is 156 Å². The molecule has 208 valence electrons. The molecule has 0 amide bonds. The normalized spacial score (nSPS) is 16.7. The summed E-state index contributed by atoms with van der Waals surface area (Å²) in [5, 5.41) is 0. The molecular formula is C34H30F4N2Ti. The van der Waals surface area contributed by atoms with Crippen molar-refractivity contribution in [2.75, 3.05) is 0 Å². The topological polar surface area (TPSA) is 9.86 Å². The Balaban J connectivity index is 1.73. The number of halogens is 4. The van der Waals surface area contributed by atoms with Gasteiger partial charge in [-0.3, -0.25) is 0 Å². The Kier molecular flexibility index (Phi) is 6.95. The zero-order chi connectivity index (χ0) is 28.8. The summed E-state index contributed by atoms with van der Waals surface area (Å²) in [6, 6.07) is 12.7. The Morgan fingerprint density at radius 1 is 0.561 bits per heavy atom. The molecular weight excluding hydrogens is 560 g/mol. The first kappa shape index (κ1) is 27.6. The molecule has 4 aromatic rings. The Morgan fingerprint density at radius 3 is 1.24 bits per heavy atom. The Hall–Kier alpha value is -3.61. The van der Waals surface area contributed by atoms with E-state index in [1.807, 2.05) is 86.7 Å². The Bertz CT molecular complexity index is 1560. The fraction of sp³-hybridized carbons (Fsp3) is 0.176. The number of aromatic nitrogens is 2. The van der Waals surface area contributed by atoms with Gasteiger partial charge in [-0.25, -0.2) is 0 Å². The summed E-state index contributed by atoms with van der Waals surface area (Å²) in [5.74, 6) is -3.03. The molecule has 0 saturated carbocycles. The minimum atomic E-state index is -5.06. The molecule has 2 heterocycles. The summed E-state index contributed by atoms with van der Waals surface area (Å²) >= 11 is -5.06. The van der Waals surface area contributed by atoms with Gasteiger partial charge in [0.2, 0.25) is 0 Å². The standard InChI is InChI=1S/2C11H8F2N.2C6H7.Ti/c2*12-10-4-3-9(11(13)7-10)8-14-5-1-2-6-14;2*1-6-4-2-3-5-6;/h2*1-6H,8H2;2*2-5H,1H3;. The predicted molar refractivity (Wildman–Crippen MR) is 152 cm³/mol. The van der Waals surface area contributed by atoms with E-state index in [9.17, 15) is 0 Å². The van der Waals surface area contributed by atoms with Gasteiger partial charge in [0, 0.05) is 0 Å². The first-order valence-electron chi connectivity index (χ1n) is 13.6. The van der Waals surface area contributed by atoms with Gasteiger partial charge in [0.1, 0.15) is 0 Å². The van der Waals surface area contributed by atoms with Gasteiger partial charge in [0.25, 0.3) is 0 Å². The van der Waals surface area contributed by atoms with Gasteiger partial charge in [0.05, 0.1) is 0 Å². The molecule has 0 bridgehead atoms. The summed E-state index contributed by atoms with van der Waals surface area (Å²) in [7, 11) is 0. The fourth-order valence-corrected chi connectivity index (χ4v) is 17.5. The molecule has 7 heteroatoms. The number of hydrogen-bond acceptors (Lipinski definition) is 0. The van der Waals surface area contributed by atoms with Gasteiger partial charge < -0.3 is 0 Å². The van der Waals surface area contributed by atoms with Crippen molar-refractivity contribution in [3.8, 4) is 0 Å². The molecule has 0 saturated heterocycles. The third-order valence-corrected chi connectivity index (χ3v) is 18.6. The van der Waals surface area contributed by atoms with E-state index in [4.69, 9.17) is 0 Å². The molecule has 0 aliphatic heterocycles. The van der Waals surface area contributed by atoms with Crippen LogP contribution in [0.4, 0.5) is 17.6 Å². The number of benzene rings is 2. The molecule has 0 fully saturated rings. The van der Waals surface area contributed by atoms with E-state index in [0.717, 1.165) is 0 Å². The van der Waals surface area contributed by atoms with Crippen LogP contribution < -0.4 is 7.74 Å². The third kappa shape index (κ3) is 4.27. The summed E-state index contributed by atoms with van der Waals surface area (Å²) < 4.78 is 68.2. The predicted octanol–water partition coefficient (Wildman–Crippen LogP) is 7.66. The molecule has 0 unspecified atom stereocenters. The molecule has 6 rings (SSSR count). The van der Waals surface area contributed by atoms with E-state index < -0.39 is 47.3 Å². The van der Waals surface area contributed by atoms with Crippen molar-refractivity contribution in [2.45, 2.75) is 34.4 Å². The SMILES string of the molecule is C[C]1([Ti]([c]2c(F)ccc(Cn3cccc3)c2F)([c]2c(F)ccc(Cn3cccc3)c2F)[C]2(C)C=CC=C2)C=CC=C1. The van der Waals surface area contributed by atoms with Crippen LogP contribution in [0.3, 0.4) is 0 Å². The van der Waals surface area contributed by atoms with Gasteiger partial charge >= 0.3 is 242 Å². The Morgan fingerprint density at radius 2 is 0.902 bits per heavy atom. The van der Waals surface area contributed by atoms with Crippen molar-refractivity contribution in [1.29, 1.82) is 0 Å². The van der Waals surface area contributed by atoms with Crippen LogP contribution in [0, 0.1) is 23.3 Å². The van der Waals surface area contributed by atoms with Gasteiger partial charge in [-0.05, 0) is 0 Å². The van der Waals surface area contributed by atoms with E-state index in [2.05, 4.69) is 0 Å². The van der Waals surface area contributed by atoms with Gasteiger partial charge in [-0.15, -0.1) is 0 Å². The molecule has 41 heavy (non-hydrogen) atoms. The minimum absolute atomic E-state index is 0.161. The van der Waals surface area contributed by atoms with Crippen molar-refractivity contribution in [1.82, 2.24) is 9.13 Å². The van der Waals surface area contributed by atoms with E-state index in [0.29, 0.717) is 0 Å². The maximum atomic E-state index is 17.1. The number of allylic oxidation sites excluding steroid dienone is 8. The zero-order valence-corrected chi connectivity index (χ0v) is 24.4. The average Bonchev–Trinajstić information content (AvgIpc) is 3.76. The molecule has 2 aliphatic carbocycles. The number of rotatable bonds is 8. The molecule has 2 nitrogen and oxygen atoms in total. The fourth-order valence-electron chi connectivity index (χ4n) is 6.88. The molecule has 0 N–H and O–H groups in total. The van der Waals surface area contributed by atoms with Crippen molar-refractivity contribution in [2.24, 2.45) is 0 Å². The van der Waals surface area contributed by atoms with E-state index in [1.54, 1.807) is 33.9 Å². The number of hydrogen-bond donors (Lipinski definition) is 0. The third-order valence-electron chi connectivity index (χ3n) is 8.74. The molecule has 2 aliphatic rings. The number of nitrogens with zero attached hydrogens (tertiary/aromatic N) is 2. The van der Waals surface area contributed by atoms with Crippen LogP contribution in [-0.4, -0.2) is 9.13 Å². The Labute approximate surface area is 241 Å². The quantitative estimate of drug-likeness (QED) is 0.147. The van der Waals surface area contributed by atoms with Crippen LogP contribution in [0.5, 0.6) is 0 Å². The molecule has 2 aromatic carbocycles. The summed E-state index contributed by atoms with van der Waals surface area (Å²) in [6.07, 6.45) is 21.9. The van der Waals surface area contributed by atoms with Crippen molar-refractivity contribution in [3.63, 3.8) is 0 Å². The van der Waals surface area contributed by atoms with Gasteiger partial charge in [0.15, 0.2) is 0 Å². The second-order valence-corrected chi connectivity index (χ2v) is 18.5. The van der Waals surface area contributed by atoms with Crippen LogP contribution in [0.15, 0.2) is 122 Å². The van der Waals surface area contributed by atoms with E-state index >= 15 is 17.6 Å². The van der Waals surface area contributed by atoms with Crippen LogP contribution in [0.25, 0.3) is 0 Å².